The number of hydrogen-bond donors (Lipinski definition) is 4. The molecule has 0 spiro atoms. The molecule has 8 aromatic rings. The van der Waals surface area contributed by atoms with Crippen LogP contribution in [0.25, 0.3) is 0 Å². The second kappa shape index (κ2) is 24.5. The van der Waals surface area contributed by atoms with Crippen molar-refractivity contribution in [2.45, 2.75) is 49.9 Å². The average Bonchev–Trinajstić information content (AvgIpc) is 4.28. The van der Waals surface area contributed by atoms with E-state index in [0.717, 1.165) is 39.8 Å². The summed E-state index contributed by atoms with van der Waals surface area (Å²) in [5, 5.41) is 12.0. The van der Waals surface area contributed by atoms with Crippen LogP contribution in [0.2, 0.25) is 0 Å². The Morgan fingerprint density at radius 2 is 0.776 bits per heavy atom. The summed E-state index contributed by atoms with van der Waals surface area (Å²) in [6.07, 6.45) is 16.7. The van der Waals surface area contributed by atoms with Gasteiger partial charge in [0.15, 0.2) is 48.6 Å². The molecule has 0 saturated heterocycles. The number of oxazole rings is 4. The first kappa shape index (κ1) is 52.1. The molecule has 4 aliphatic heterocycles. The Hall–Kier alpha value is -8.77. The van der Waals surface area contributed by atoms with Crippen LogP contribution >= 0.6 is 0 Å². The van der Waals surface area contributed by atoms with Crippen molar-refractivity contribution >= 4 is 46.5 Å². The average molecular weight is 1030 g/mol. The molecule has 4 unspecified atom stereocenters. The van der Waals surface area contributed by atoms with Crippen LogP contribution in [0.3, 0.4) is 0 Å². The molecule has 4 amide bonds. The fourth-order valence-corrected chi connectivity index (χ4v) is 9.36. The molecule has 12 rings (SSSR count). The molecule has 4 atom stereocenters. The van der Waals surface area contributed by atoms with Gasteiger partial charge in [-0.3, -0.25) is 34.0 Å². The Morgan fingerprint density at radius 1 is 0.395 bits per heavy atom. The summed E-state index contributed by atoms with van der Waals surface area (Å²) in [4.78, 5) is 86.2. The van der Waals surface area contributed by atoms with Crippen molar-refractivity contribution in [3.63, 3.8) is 0 Å². The van der Waals surface area contributed by atoms with Gasteiger partial charge >= 0.3 is 0 Å². The number of carbonyl (C=O) groups excluding carboxylic acids is 4. The number of rotatable bonds is 8. The van der Waals surface area contributed by atoms with E-state index < -0.39 is 24.2 Å². The molecule has 392 valence electrons. The molecule has 76 heavy (non-hydrogen) atoms. The second-order valence-corrected chi connectivity index (χ2v) is 17.4. The molecular weight excluding hydrogens is 975 g/mol. The summed E-state index contributed by atoms with van der Waals surface area (Å²) < 4.78 is 21.4. The third kappa shape index (κ3) is 11.2. The first-order valence-corrected chi connectivity index (χ1v) is 24.6. The van der Waals surface area contributed by atoms with Gasteiger partial charge in [-0.2, -0.15) is 0 Å². The van der Waals surface area contributed by atoms with E-state index in [1.807, 2.05) is 72.8 Å². The quantitative estimate of drug-likeness (QED) is 0.165. The van der Waals surface area contributed by atoms with Crippen molar-refractivity contribution in [3.05, 3.63) is 175 Å². The van der Waals surface area contributed by atoms with Crippen LogP contribution in [0.4, 0.5) is 22.9 Å². The van der Waals surface area contributed by atoms with E-state index in [4.69, 9.17) is 17.7 Å². The van der Waals surface area contributed by atoms with Gasteiger partial charge in [-0.1, -0.05) is 24.3 Å². The normalized spacial score (nSPS) is 19.1. The largest absolute Gasteiger partial charge is 0.446 e. The van der Waals surface area contributed by atoms with E-state index in [0.29, 0.717) is 80.7 Å². The summed E-state index contributed by atoms with van der Waals surface area (Å²) in [6.45, 7) is 2.32. The molecule has 23 heteroatoms. The summed E-state index contributed by atoms with van der Waals surface area (Å²) in [6, 6.07) is 20.5. The van der Waals surface area contributed by atoms with Crippen LogP contribution in [0, 0.1) is 0 Å². The molecule has 11 heterocycles. The molecule has 1 aromatic carbocycles. The standard InChI is InChI=1S/C14H15N3O2.3C13H14N4O2/c1-15-12-13-11(16-9-19-13)7-8-17(14(12)18)10-5-3-2-4-6-10;1-14-11-12-10(16-8-19-12)4-7-17(13(11)18)9-2-5-15-6-3-9;1-14-11-12-10(16-8-19-12)4-6-17(13(11)18)9-3-2-5-15-7-9;1-14-11-12-9(16-8-19-12)5-7-17(13(11)18)10-4-2-3-6-15-10/h2-6,9,12,15H,7-8H2,1H3;2-3,5-6,8,11,14H,4,7H2,1H3;2-3,5,7-8,11,14H,4,6H2,1H3;2-4,6,8,11,14H,5,7H2,1H3. The van der Waals surface area contributed by atoms with Gasteiger partial charge in [-0.05, 0) is 76.7 Å². The number of carbonyl (C=O) groups is 4. The predicted octanol–water partition coefficient (Wildman–Crippen LogP) is 4.28. The van der Waals surface area contributed by atoms with Crippen LogP contribution in [0.1, 0.15) is 70.0 Å². The number of pyridine rings is 3. The Kier molecular flexibility index (Phi) is 16.8. The van der Waals surface area contributed by atoms with E-state index in [1.165, 1.54) is 25.6 Å². The number of aromatic nitrogens is 7. The number of amides is 4. The van der Waals surface area contributed by atoms with Gasteiger partial charge in [-0.15, -0.1) is 0 Å². The first-order chi connectivity index (χ1) is 37.2. The lowest BCUT2D eigenvalue weighted by atomic mass is 10.1. The maximum Gasteiger partial charge on any atom is 0.253 e. The van der Waals surface area contributed by atoms with E-state index in [9.17, 15) is 19.2 Å². The van der Waals surface area contributed by atoms with Crippen LogP contribution < -0.4 is 40.9 Å². The third-order valence-corrected chi connectivity index (χ3v) is 13.2. The summed E-state index contributed by atoms with van der Waals surface area (Å²) >= 11 is 0. The highest BCUT2D eigenvalue weighted by atomic mass is 16.4. The number of fused-ring (bicyclic) bond motifs is 4. The molecule has 4 aliphatic rings. The monoisotopic (exact) mass is 1030 g/mol. The number of nitrogens with one attached hydrogen (secondary N) is 4. The maximum absolute atomic E-state index is 12.6. The van der Waals surface area contributed by atoms with Gasteiger partial charge in [0.2, 0.25) is 0 Å². The Morgan fingerprint density at radius 3 is 1.17 bits per heavy atom. The van der Waals surface area contributed by atoms with Gasteiger partial charge in [0.1, 0.15) is 30.0 Å². The SMILES string of the molecule is CNC1C(=O)N(c2ccccc2)CCc2ncoc21.CNC1C(=O)N(c2ccccn2)CCc2ncoc21.CNC1C(=O)N(c2cccnc2)CCc2ncoc21.CNC1C(=O)N(c2ccncc2)CCc2ncoc21. The number of nitrogens with zero attached hydrogens (tertiary/aromatic N) is 11. The first-order valence-electron chi connectivity index (χ1n) is 24.6. The third-order valence-electron chi connectivity index (χ3n) is 13.2. The van der Waals surface area contributed by atoms with Crippen LogP contribution in [-0.4, -0.2) is 113 Å². The minimum absolute atomic E-state index is 0.01000. The molecule has 0 aliphatic carbocycles. The molecule has 23 nitrogen and oxygen atoms in total. The van der Waals surface area contributed by atoms with E-state index >= 15 is 0 Å². The number of hydrogen-bond acceptors (Lipinski definition) is 19. The molecule has 0 bridgehead atoms. The second-order valence-electron chi connectivity index (χ2n) is 17.4. The van der Waals surface area contributed by atoms with Crippen molar-refractivity contribution in [1.82, 2.24) is 56.2 Å². The lowest BCUT2D eigenvalue weighted by molar-refractivity contribution is -0.121. The Balaban J connectivity index is 0.000000124. The van der Waals surface area contributed by atoms with Crippen LogP contribution in [0.15, 0.2) is 147 Å². The fourth-order valence-electron chi connectivity index (χ4n) is 9.36. The van der Waals surface area contributed by atoms with E-state index in [-0.39, 0.29) is 23.6 Å². The smallest absolute Gasteiger partial charge is 0.253 e. The number of likely N-dealkylation sites (N-methyl/N-ethyl adjacent to an activating group) is 4. The van der Waals surface area contributed by atoms with Gasteiger partial charge in [0, 0.05) is 88.0 Å². The van der Waals surface area contributed by atoms with Gasteiger partial charge in [0.25, 0.3) is 23.6 Å². The van der Waals surface area contributed by atoms with Crippen molar-refractivity contribution < 1.29 is 36.8 Å². The number of benzene rings is 1. The van der Waals surface area contributed by atoms with E-state index in [2.05, 4.69) is 56.2 Å². The maximum atomic E-state index is 12.6. The zero-order chi connectivity index (χ0) is 53.0. The summed E-state index contributed by atoms with van der Waals surface area (Å²) in [5.41, 5.74) is 5.88. The molecule has 0 fully saturated rings. The van der Waals surface area contributed by atoms with E-state index in [1.54, 1.807) is 78.8 Å². The number of para-hydroxylation sites is 1. The molecule has 4 N–H and O–H groups in total. The van der Waals surface area contributed by atoms with Gasteiger partial charge in [0.05, 0.1) is 34.7 Å². The molecular formula is C53H57N15O8. The van der Waals surface area contributed by atoms with Gasteiger partial charge in [-0.25, -0.2) is 24.9 Å². The zero-order valence-electron chi connectivity index (χ0n) is 42.3. The molecule has 0 radical (unpaired) electrons. The highest BCUT2D eigenvalue weighted by Gasteiger charge is 2.37. The van der Waals surface area contributed by atoms with Crippen molar-refractivity contribution in [2.75, 3.05) is 74.0 Å². The van der Waals surface area contributed by atoms with Crippen molar-refractivity contribution in [2.24, 2.45) is 0 Å². The summed E-state index contributed by atoms with van der Waals surface area (Å²) in [7, 11) is 6.96. The molecule has 0 saturated carbocycles. The zero-order valence-corrected chi connectivity index (χ0v) is 42.3. The van der Waals surface area contributed by atoms with Gasteiger partial charge < -0.3 is 53.6 Å². The topological polar surface area (TPSA) is 272 Å². The predicted molar refractivity (Wildman–Crippen MR) is 277 cm³/mol. The number of anilines is 4. The van der Waals surface area contributed by atoms with Crippen LogP contribution in [-0.2, 0) is 44.9 Å². The lowest BCUT2D eigenvalue weighted by Crippen LogP contribution is -2.39. The van der Waals surface area contributed by atoms with Crippen molar-refractivity contribution in [1.29, 1.82) is 0 Å². The molecule has 7 aromatic heterocycles. The highest BCUT2D eigenvalue weighted by Crippen LogP contribution is 2.31. The Bertz CT molecular complexity index is 2750. The minimum Gasteiger partial charge on any atom is -0.446 e. The lowest BCUT2D eigenvalue weighted by Gasteiger charge is -2.23. The highest BCUT2D eigenvalue weighted by molar-refractivity contribution is 6.00. The minimum atomic E-state index is -0.512. The Labute approximate surface area is 437 Å². The van der Waals surface area contributed by atoms with Crippen LogP contribution in [0.5, 0.6) is 0 Å². The summed E-state index contributed by atoms with van der Waals surface area (Å²) in [5.74, 6) is 2.94. The van der Waals surface area contributed by atoms with Crippen molar-refractivity contribution in [3.8, 4) is 0 Å². The fraction of sp³-hybridized carbons (Fsp3) is 0.302.